The van der Waals surface area contributed by atoms with Crippen molar-refractivity contribution >= 4 is 11.1 Å². The summed E-state index contributed by atoms with van der Waals surface area (Å²) in [4.78, 5) is 8.93. The summed E-state index contributed by atoms with van der Waals surface area (Å²) in [6, 6.07) is 18.8. The molecule has 0 radical (unpaired) electrons. The number of ether oxygens (including phenoxy) is 1. The van der Waals surface area contributed by atoms with Gasteiger partial charge in [-0.15, -0.1) is 0 Å². The minimum Gasteiger partial charge on any atom is -0.472 e. The van der Waals surface area contributed by atoms with Crippen LogP contribution < -0.4 is 10.1 Å². The first-order chi connectivity index (χ1) is 14.8. The largest absolute Gasteiger partial charge is 0.472 e. The molecule has 5 rings (SSSR count). The molecule has 2 aromatic carbocycles. The van der Waals surface area contributed by atoms with Crippen LogP contribution in [0.25, 0.3) is 33.6 Å². The van der Waals surface area contributed by atoms with Gasteiger partial charge in [-0.3, -0.25) is 0 Å². The SMILES string of the molecule is CCc1ccc(-c2c(-c3ccccc3)oc3ncnc(O[C@H]4CCCNC4)c23)cc1. The number of nitrogens with zero attached hydrogens (tertiary/aromatic N) is 2. The molecule has 1 atom stereocenters. The molecule has 0 amide bonds. The smallest absolute Gasteiger partial charge is 0.234 e. The van der Waals surface area contributed by atoms with Crippen molar-refractivity contribution in [2.75, 3.05) is 13.1 Å². The van der Waals surface area contributed by atoms with Crippen LogP contribution in [0.2, 0.25) is 0 Å². The minimum absolute atomic E-state index is 0.0993. The fourth-order valence-electron chi connectivity index (χ4n) is 4.05. The number of benzene rings is 2. The van der Waals surface area contributed by atoms with Gasteiger partial charge in [0.1, 0.15) is 23.6 Å². The lowest BCUT2D eigenvalue weighted by atomic mass is 9.98. The van der Waals surface area contributed by atoms with E-state index in [9.17, 15) is 0 Å². The predicted molar refractivity (Wildman–Crippen MR) is 119 cm³/mol. The molecule has 1 saturated heterocycles. The third-order valence-electron chi connectivity index (χ3n) is 5.67. The first-order valence-corrected chi connectivity index (χ1v) is 10.6. The first kappa shape index (κ1) is 18.8. The summed E-state index contributed by atoms with van der Waals surface area (Å²) >= 11 is 0. The molecular formula is C25H25N3O2. The van der Waals surface area contributed by atoms with Crippen LogP contribution in [0, 0.1) is 0 Å². The van der Waals surface area contributed by atoms with Crippen molar-refractivity contribution in [2.45, 2.75) is 32.3 Å². The fraction of sp³-hybridized carbons (Fsp3) is 0.280. The van der Waals surface area contributed by atoms with E-state index in [4.69, 9.17) is 9.15 Å². The number of aromatic nitrogens is 2. The monoisotopic (exact) mass is 399 g/mol. The van der Waals surface area contributed by atoms with Crippen LogP contribution in [0.4, 0.5) is 0 Å². The number of piperidine rings is 1. The Labute approximate surface area is 176 Å². The van der Waals surface area contributed by atoms with Gasteiger partial charge in [0.25, 0.3) is 0 Å². The molecule has 2 aromatic heterocycles. The van der Waals surface area contributed by atoms with Crippen molar-refractivity contribution in [3.63, 3.8) is 0 Å². The van der Waals surface area contributed by atoms with Gasteiger partial charge in [-0.2, -0.15) is 0 Å². The van der Waals surface area contributed by atoms with E-state index in [0.29, 0.717) is 11.6 Å². The van der Waals surface area contributed by atoms with E-state index in [0.717, 1.165) is 60.2 Å². The summed E-state index contributed by atoms with van der Waals surface area (Å²) in [5, 5.41) is 4.24. The Hall–Kier alpha value is -3.18. The maximum absolute atomic E-state index is 6.35. The van der Waals surface area contributed by atoms with E-state index < -0.39 is 0 Å². The van der Waals surface area contributed by atoms with Crippen LogP contribution in [0.15, 0.2) is 65.3 Å². The molecular weight excluding hydrogens is 374 g/mol. The van der Waals surface area contributed by atoms with Gasteiger partial charge in [0.05, 0.1) is 0 Å². The number of hydrogen-bond donors (Lipinski definition) is 1. The first-order valence-electron chi connectivity index (χ1n) is 10.6. The zero-order chi connectivity index (χ0) is 20.3. The molecule has 0 saturated carbocycles. The molecule has 30 heavy (non-hydrogen) atoms. The summed E-state index contributed by atoms with van der Waals surface area (Å²) in [5.41, 5.74) is 4.92. The van der Waals surface area contributed by atoms with Gasteiger partial charge < -0.3 is 14.5 Å². The molecule has 0 bridgehead atoms. The molecule has 1 fully saturated rings. The lowest BCUT2D eigenvalue weighted by molar-refractivity contribution is 0.162. The van der Waals surface area contributed by atoms with Gasteiger partial charge in [-0.1, -0.05) is 61.5 Å². The van der Waals surface area contributed by atoms with Crippen LogP contribution in [0.1, 0.15) is 25.3 Å². The Balaban J connectivity index is 1.70. The van der Waals surface area contributed by atoms with Crippen molar-refractivity contribution in [3.05, 3.63) is 66.5 Å². The van der Waals surface area contributed by atoms with E-state index in [-0.39, 0.29) is 6.10 Å². The number of aryl methyl sites for hydroxylation is 1. The summed E-state index contributed by atoms with van der Waals surface area (Å²) in [5.74, 6) is 1.39. The Morgan fingerprint density at radius 3 is 2.60 bits per heavy atom. The topological polar surface area (TPSA) is 60.2 Å². The predicted octanol–water partition coefficient (Wildman–Crippen LogP) is 5.25. The van der Waals surface area contributed by atoms with Crippen molar-refractivity contribution in [1.29, 1.82) is 0 Å². The Kier molecular flexibility index (Phi) is 5.20. The van der Waals surface area contributed by atoms with E-state index in [1.54, 1.807) is 0 Å². The highest BCUT2D eigenvalue weighted by atomic mass is 16.5. The number of fused-ring (bicyclic) bond motifs is 1. The molecule has 0 unspecified atom stereocenters. The van der Waals surface area contributed by atoms with E-state index in [2.05, 4.69) is 58.6 Å². The van der Waals surface area contributed by atoms with Gasteiger partial charge in [-0.25, -0.2) is 9.97 Å². The van der Waals surface area contributed by atoms with Crippen LogP contribution in [-0.4, -0.2) is 29.2 Å². The van der Waals surface area contributed by atoms with Gasteiger partial charge >= 0.3 is 0 Å². The number of hydrogen-bond acceptors (Lipinski definition) is 5. The van der Waals surface area contributed by atoms with Crippen LogP contribution in [0.5, 0.6) is 5.88 Å². The van der Waals surface area contributed by atoms with Gasteiger partial charge in [0.2, 0.25) is 11.6 Å². The molecule has 1 aliphatic rings. The molecule has 4 aromatic rings. The number of rotatable bonds is 5. The number of nitrogens with one attached hydrogen (secondary N) is 1. The highest BCUT2D eigenvalue weighted by Crippen LogP contribution is 2.43. The normalized spacial score (nSPS) is 16.6. The highest BCUT2D eigenvalue weighted by Gasteiger charge is 2.25. The standard InChI is InChI=1S/C25H25N3O2/c1-2-17-10-12-18(13-11-17)21-22-24(29-20-9-6-14-26-15-20)27-16-28-25(22)30-23(21)19-7-4-3-5-8-19/h3-5,7-8,10-13,16,20,26H,2,6,9,14-15H2,1H3/t20-/m0/s1. The van der Waals surface area contributed by atoms with E-state index >= 15 is 0 Å². The van der Waals surface area contributed by atoms with Crippen LogP contribution >= 0.6 is 0 Å². The lowest BCUT2D eigenvalue weighted by Crippen LogP contribution is -2.37. The second kappa shape index (κ2) is 8.28. The average Bonchev–Trinajstić information content (AvgIpc) is 3.21. The molecule has 5 nitrogen and oxygen atoms in total. The van der Waals surface area contributed by atoms with Gasteiger partial charge in [0, 0.05) is 17.7 Å². The minimum atomic E-state index is 0.0993. The van der Waals surface area contributed by atoms with Crippen molar-refractivity contribution in [2.24, 2.45) is 0 Å². The molecule has 152 valence electrons. The molecule has 3 heterocycles. The third-order valence-corrected chi connectivity index (χ3v) is 5.67. The zero-order valence-corrected chi connectivity index (χ0v) is 17.1. The van der Waals surface area contributed by atoms with E-state index in [1.165, 1.54) is 11.9 Å². The summed E-state index contributed by atoms with van der Waals surface area (Å²) in [7, 11) is 0. The van der Waals surface area contributed by atoms with Crippen molar-refractivity contribution < 1.29 is 9.15 Å². The summed E-state index contributed by atoms with van der Waals surface area (Å²) < 4.78 is 12.6. The summed E-state index contributed by atoms with van der Waals surface area (Å²) in [6.45, 7) is 4.03. The maximum atomic E-state index is 6.35. The van der Waals surface area contributed by atoms with Crippen LogP contribution in [-0.2, 0) is 6.42 Å². The second-order valence-electron chi connectivity index (χ2n) is 7.67. The Morgan fingerprint density at radius 1 is 1.03 bits per heavy atom. The molecule has 5 heteroatoms. The zero-order valence-electron chi connectivity index (χ0n) is 17.1. The second-order valence-corrected chi connectivity index (χ2v) is 7.67. The molecule has 0 aliphatic carbocycles. The summed E-state index contributed by atoms with van der Waals surface area (Å²) in [6.07, 6.45) is 4.75. The molecule has 0 spiro atoms. The van der Waals surface area contributed by atoms with Gasteiger partial charge in [-0.05, 0) is 36.9 Å². The van der Waals surface area contributed by atoms with E-state index in [1.807, 2.05) is 18.2 Å². The number of furan rings is 1. The molecule has 1 N–H and O–H groups in total. The quantitative estimate of drug-likeness (QED) is 0.497. The Bertz CT molecular complexity index is 1130. The van der Waals surface area contributed by atoms with Crippen LogP contribution in [0.3, 0.4) is 0 Å². The molecule has 1 aliphatic heterocycles. The maximum Gasteiger partial charge on any atom is 0.234 e. The fourth-order valence-corrected chi connectivity index (χ4v) is 4.05. The van der Waals surface area contributed by atoms with Crippen molar-refractivity contribution in [1.82, 2.24) is 15.3 Å². The Morgan fingerprint density at radius 2 is 1.87 bits per heavy atom. The lowest BCUT2D eigenvalue weighted by Gasteiger charge is -2.23. The van der Waals surface area contributed by atoms with Gasteiger partial charge in [0.15, 0.2) is 0 Å². The average molecular weight is 399 g/mol. The third kappa shape index (κ3) is 3.57. The highest BCUT2D eigenvalue weighted by molar-refractivity contribution is 6.03. The van der Waals surface area contributed by atoms with Crippen molar-refractivity contribution in [3.8, 4) is 28.3 Å².